The van der Waals surface area contributed by atoms with Crippen molar-refractivity contribution in [2.24, 2.45) is 0 Å². The van der Waals surface area contributed by atoms with E-state index in [1.807, 2.05) is 0 Å². The number of likely N-dealkylation sites (N-methyl/N-ethyl adjacent to an activating group) is 1. The predicted molar refractivity (Wildman–Crippen MR) is 87.8 cm³/mol. The van der Waals surface area contributed by atoms with Crippen LogP contribution in [0, 0.1) is 5.82 Å². The van der Waals surface area contributed by atoms with Crippen molar-refractivity contribution in [1.82, 2.24) is 4.90 Å². The number of benzene rings is 2. The molecular formula is C18H16F4N2O2. The maximum Gasteiger partial charge on any atom is 0.418 e. The van der Waals surface area contributed by atoms with Crippen molar-refractivity contribution < 1.29 is 27.2 Å². The highest BCUT2D eigenvalue weighted by Crippen LogP contribution is 2.34. The van der Waals surface area contributed by atoms with Gasteiger partial charge in [-0.2, -0.15) is 13.2 Å². The lowest BCUT2D eigenvalue weighted by molar-refractivity contribution is -0.137. The van der Waals surface area contributed by atoms with E-state index >= 15 is 0 Å². The zero-order chi connectivity index (χ0) is 19.3. The maximum absolute atomic E-state index is 13.6. The van der Waals surface area contributed by atoms with E-state index in [9.17, 15) is 27.2 Å². The Morgan fingerprint density at radius 1 is 1.04 bits per heavy atom. The summed E-state index contributed by atoms with van der Waals surface area (Å²) < 4.78 is 52.3. The summed E-state index contributed by atoms with van der Waals surface area (Å²) in [5, 5.41) is 2.15. The number of amides is 2. The van der Waals surface area contributed by atoms with Crippen LogP contribution in [-0.4, -0.2) is 30.3 Å². The summed E-state index contributed by atoms with van der Waals surface area (Å²) in [5.74, 6) is -1.86. The number of hydrogen-bond acceptors (Lipinski definition) is 2. The van der Waals surface area contributed by atoms with Crippen LogP contribution in [-0.2, 0) is 22.2 Å². The highest BCUT2D eigenvalue weighted by molar-refractivity contribution is 5.95. The Labute approximate surface area is 147 Å². The highest BCUT2D eigenvalue weighted by atomic mass is 19.4. The van der Waals surface area contributed by atoms with Gasteiger partial charge in [0.1, 0.15) is 5.82 Å². The van der Waals surface area contributed by atoms with Crippen molar-refractivity contribution in [3.63, 3.8) is 0 Å². The van der Waals surface area contributed by atoms with E-state index in [2.05, 4.69) is 5.32 Å². The normalized spacial score (nSPS) is 11.1. The molecule has 0 aromatic heterocycles. The third-order valence-electron chi connectivity index (χ3n) is 3.61. The fraction of sp³-hybridized carbons (Fsp3) is 0.222. The lowest BCUT2D eigenvalue weighted by Crippen LogP contribution is -2.36. The Morgan fingerprint density at radius 2 is 1.65 bits per heavy atom. The fourth-order valence-corrected chi connectivity index (χ4v) is 2.27. The van der Waals surface area contributed by atoms with Gasteiger partial charge in [-0.1, -0.05) is 30.3 Å². The molecule has 2 rings (SSSR count). The van der Waals surface area contributed by atoms with Crippen molar-refractivity contribution >= 4 is 17.5 Å². The Kier molecular flexibility index (Phi) is 5.97. The summed E-state index contributed by atoms with van der Waals surface area (Å²) in [6.07, 6.45) is -4.87. The number of rotatable bonds is 5. The van der Waals surface area contributed by atoms with Crippen LogP contribution in [0.4, 0.5) is 23.2 Å². The second-order valence-electron chi connectivity index (χ2n) is 5.61. The number of alkyl halides is 3. The Bertz CT molecular complexity index is 806. The second kappa shape index (κ2) is 7.99. The molecule has 0 aliphatic carbocycles. The molecule has 4 nitrogen and oxygen atoms in total. The van der Waals surface area contributed by atoms with E-state index in [0.717, 1.165) is 17.0 Å². The molecule has 1 N–H and O–H groups in total. The Balaban J connectivity index is 2.00. The Morgan fingerprint density at radius 3 is 2.31 bits per heavy atom. The van der Waals surface area contributed by atoms with Crippen LogP contribution in [0.2, 0.25) is 0 Å². The largest absolute Gasteiger partial charge is 0.418 e. The first-order chi connectivity index (χ1) is 12.2. The van der Waals surface area contributed by atoms with Crippen LogP contribution in [0.25, 0.3) is 0 Å². The number of anilines is 1. The molecule has 0 spiro atoms. The van der Waals surface area contributed by atoms with E-state index in [1.54, 1.807) is 6.07 Å². The van der Waals surface area contributed by atoms with Crippen molar-refractivity contribution in [2.45, 2.75) is 12.6 Å². The Hall–Kier alpha value is -2.90. The molecule has 8 heteroatoms. The minimum atomic E-state index is -4.61. The molecule has 26 heavy (non-hydrogen) atoms. The maximum atomic E-state index is 13.6. The number of halogens is 4. The van der Waals surface area contributed by atoms with Crippen molar-refractivity contribution in [2.75, 3.05) is 18.9 Å². The molecule has 0 radical (unpaired) electrons. The molecule has 2 aromatic rings. The van der Waals surface area contributed by atoms with E-state index in [-0.39, 0.29) is 17.7 Å². The molecule has 138 valence electrons. The third kappa shape index (κ3) is 5.05. The number of nitrogens with one attached hydrogen (secondary N) is 1. The highest BCUT2D eigenvalue weighted by Gasteiger charge is 2.33. The molecule has 0 aliphatic rings. The average Bonchev–Trinajstić information content (AvgIpc) is 2.56. The van der Waals surface area contributed by atoms with Crippen LogP contribution in [0.15, 0.2) is 48.5 Å². The summed E-state index contributed by atoms with van der Waals surface area (Å²) in [4.78, 5) is 25.1. The lowest BCUT2D eigenvalue weighted by atomic mass is 10.1. The van der Waals surface area contributed by atoms with Crippen molar-refractivity contribution in [3.05, 3.63) is 65.5 Å². The van der Waals surface area contributed by atoms with Gasteiger partial charge in [-0.3, -0.25) is 9.59 Å². The quantitative estimate of drug-likeness (QED) is 0.822. The van der Waals surface area contributed by atoms with Gasteiger partial charge in [0.25, 0.3) is 0 Å². The molecule has 0 aliphatic heterocycles. The van der Waals surface area contributed by atoms with Gasteiger partial charge in [-0.15, -0.1) is 0 Å². The standard InChI is InChI=1S/C18H16F4N2O2/c1-24(17(26)10-12-6-2-4-8-14(12)19)11-16(25)23-15-9-5-3-7-13(15)18(20,21)22/h2-9H,10-11H2,1H3,(H,23,25). The zero-order valence-electron chi connectivity index (χ0n) is 13.8. The topological polar surface area (TPSA) is 49.4 Å². The second-order valence-corrected chi connectivity index (χ2v) is 5.61. The van der Waals surface area contributed by atoms with Gasteiger partial charge in [-0.05, 0) is 23.8 Å². The summed E-state index contributed by atoms with van der Waals surface area (Å²) in [6.45, 7) is -0.459. The van der Waals surface area contributed by atoms with Crippen LogP contribution in [0.1, 0.15) is 11.1 Å². The molecule has 0 bridgehead atoms. The molecule has 0 unspecified atom stereocenters. The molecule has 2 aromatic carbocycles. The number of carbonyl (C=O) groups is 2. The van der Waals surface area contributed by atoms with Gasteiger partial charge in [0, 0.05) is 7.05 Å². The van der Waals surface area contributed by atoms with Crippen LogP contribution >= 0.6 is 0 Å². The van der Waals surface area contributed by atoms with Gasteiger partial charge in [0.2, 0.25) is 11.8 Å². The first-order valence-corrected chi connectivity index (χ1v) is 7.62. The molecule has 0 saturated heterocycles. The molecular weight excluding hydrogens is 352 g/mol. The number of nitrogens with zero attached hydrogens (tertiary/aromatic N) is 1. The first kappa shape index (κ1) is 19.4. The van der Waals surface area contributed by atoms with E-state index in [4.69, 9.17) is 0 Å². The summed E-state index contributed by atoms with van der Waals surface area (Å²) >= 11 is 0. The average molecular weight is 368 g/mol. The molecule has 0 heterocycles. The van der Waals surface area contributed by atoms with Crippen molar-refractivity contribution in [1.29, 1.82) is 0 Å². The molecule has 0 atom stereocenters. The number of carbonyl (C=O) groups excluding carboxylic acids is 2. The monoisotopic (exact) mass is 368 g/mol. The van der Waals surface area contributed by atoms with Crippen LogP contribution < -0.4 is 5.32 Å². The van der Waals surface area contributed by atoms with Gasteiger partial charge < -0.3 is 10.2 Å². The summed E-state index contributed by atoms with van der Waals surface area (Å²) in [6, 6.07) is 10.3. The van der Waals surface area contributed by atoms with Gasteiger partial charge in [0.15, 0.2) is 0 Å². The first-order valence-electron chi connectivity index (χ1n) is 7.62. The van der Waals surface area contributed by atoms with Gasteiger partial charge in [-0.25, -0.2) is 4.39 Å². The van der Waals surface area contributed by atoms with E-state index < -0.39 is 35.9 Å². The summed E-state index contributed by atoms with van der Waals surface area (Å²) in [5.41, 5.74) is -1.19. The fourth-order valence-electron chi connectivity index (χ4n) is 2.27. The van der Waals surface area contributed by atoms with Crippen LogP contribution in [0.5, 0.6) is 0 Å². The number of hydrogen-bond donors (Lipinski definition) is 1. The minimum Gasteiger partial charge on any atom is -0.336 e. The van der Waals surface area contributed by atoms with E-state index in [0.29, 0.717) is 0 Å². The third-order valence-corrected chi connectivity index (χ3v) is 3.61. The number of para-hydroxylation sites is 1. The van der Waals surface area contributed by atoms with Crippen LogP contribution in [0.3, 0.4) is 0 Å². The van der Waals surface area contributed by atoms with Crippen molar-refractivity contribution in [3.8, 4) is 0 Å². The van der Waals surface area contributed by atoms with Gasteiger partial charge in [0.05, 0.1) is 24.2 Å². The smallest absolute Gasteiger partial charge is 0.336 e. The summed E-state index contributed by atoms with van der Waals surface area (Å²) in [7, 11) is 1.32. The molecule has 2 amide bonds. The molecule has 0 saturated carbocycles. The van der Waals surface area contributed by atoms with E-state index in [1.165, 1.54) is 37.4 Å². The van der Waals surface area contributed by atoms with Gasteiger partial charge >= 0.3 is 6.18 Å². The minimum absolute atomic E-state index is 0.173. The predicted octanol–water partition coefficient (Wildman–Crippen LogP) is 3.48. The lowest BCUT2D eigenvalue weighted by Gasteiger charge is -2.18. The molecule has 0 fully saturated rings. The SMILES string of the molecule is CN(CC(=O)Nc1ccccc1C(F)(F)F)C(=O)Cc1ccccc1F. The zero-order valence-corrected chi connectivity index (χ0v) is 13.8.